The van der Waals surface area contributed by atoms with Gasteiger partial charge in [0, 0.05) is 29.8 Å². The minimum atomic E-state index is -1.17. The molecule has 0 radical (unpaired) electrons. The fraction of sp³-hybridized carbons (Fsp3) is 0.188. The van der Waals surface area contributed by atoms with Gasteiger partial charge in [-0.25, -0.2) is 4.39 Å². The summed E-state index contributed by atoms with van der Waals surface area (Å²) < 4.78 is 21.0. The molecule has 1 saturated carbocycles. The number of anilines is 2. The van der Waals surface area contributed by atoms with E-state index in [1.165, 1.54) is 18.2 Å². The minimum Gasteiger partial charge on any atom is -0.453 e. The lowest BCUT2D eigenvalue weighted by Crippen LogP contribution is -2.35. The number of aryl methyl sites for hydroxylation is 1. The van der Waals surface area contributed by atoms with Crippen LogP contribution in [0.5, 0.6) is 11.5 Å². The van der Waals surface area contributed by atoms with Crippen molar-refractivity contribution < 1.29 is 18.7 Å². The highest BCUT2D eigenvalue weighted by atomic mass is 19.1. The molecule has 1 aliphatic rings. The predicted molar refractivity (Wildman–Crippen MR) is 157 cm³/mol. The summed E-state index contributed by atoms with van der Waals surface area (Å²) in [6, 6.07) is 15.0. The summed E-state index contributed by atoms with van der Waals surface area (Å²) in [7, 11) is 0. The van der Waals surface area contributed by atoms with Gasteiger partial charge in [0.2, 0.25) is 11.8 Å². The van der Waals surface area contributed by atoms with Crippen LogP contribution in [0.25, 0.3) is 10.9 Å². The zero-order valence-corrected chi connectivity index (χ0v) is 22.9. The molecule has 1 aliphatic carbocycles. The number of benzene rings is 2. The van der Waals surface area contributed by atoms with Crippen molar-refractivity contribution in [3.63, 3.8) is 0 Å². The molecule has 2 N–H and O–H groups in total. The number of hydrogen-bond acceptors (Lipinski definition) is 6. The van der Waals surface area contributed by atoms with E-state index in [1.54, 1.807) is 36.8 Å². The van der Waals surface area contributed by atoms with Crippen molar-refractivity contribution in [2.45, 2.75) is 33.2 Å². The van der Waals surface area contributed by atoms with Gasteiger partial charge >= 0.3 is 0 Å². The number of allylic oxidation sites excluding steroid dienone is 1. The number of nitrogens with zero attached hydrogens (tertiary/aromatic N) is 3. The lowest BCUT2D eigenvalue weighted by molar-refractivity contribution is -0.131. The van der Waals surface area contributed by atoms with Gasteiger partial charge in [-0.1, -0.05) is 30.4 Å². The molecule has 0 unspecified atom stereocenters. The molecule has 0 bridgehead atoms. The molecule has 9 heteroatoms. The van der Waals surface area contributed by atoms with Crippen LogP contribution in [-0.4, -0.2) is 26.7 Å². The summed E-state index contributed by atoms with van der Waals surface area (Å²) in [5, 5.41) is 6.12. The van der Waals surface area contributed by atoms with Crippen molar-refractivity contribution in [2.24, 2.45) is 5.41 Å². The summed E-state index contributed by atoms with van der Waals surface area (Å²) >= 11 is 0. The fourth-order valence-corrected chi connectivity index (χ4v) is 4.39. The molecule has 0 saturated heterocycles. The Labute approximate surface area is 237 Å². The van der Waals surface area contributed by atoms with E-state index in [2.05, 4.69) is 27.2 Å². The van der Waals surface area contributed by atoms with Gasteiger partial charge in [0.05, 0.1) is 23.1 Å². The number of aromatic nitrogens is 2. The number of carbonyl (C=O) groups is 2. The van der Waals surface area contributed by atoms with Gasteiger partial charge in [-0.2, -0.15) is 0 Å². The van der Waals surface area contributed by atoms with Crippen LogP contribution in [0.4, 0.5) is 15.8 Å². The molecule has 2 amide bonds. The first-order valence-corrected chi connectivity index (χ1v) is 13.2. The van der Waals surface area contributed by atoms with Crippen LogP contribution in [0, 0.1) is 18.2 Å². The van der Waals surface area contributed by atoms with Gasteiger partial charge < -0.3 is 20.3 Å². The van der Waals surface area contributed by atoms with Crippen molar-refractivity contribution >= 4 is 34.1 Å². The summed E-state index contributed by atoms with van der Waals surface area (Å²) in [5.41, 5.74) is 2.18. The average molecular weight is 552 g/mol. The number of halogens is 1. The minimum absolute atomic E-state index is 0.0243. The van der Waals surface area contributed by atoms with Crippen molar-refractivity contribution in [3.05, 3.63) is 109 Å². The average Bonchev–Trinajstić information content (AvgIpc) is 3.78. The summed E-state index contributed by atoms with van der Waals surface area (Å²) in [6.07, 6.45) is 9.59. The van der Waals surface area contributed by atoms with Crippen molar-refractivity contribution in [3.8, 4) is 11.5 Å². The third-order valence-electron chi connectivity index (χ3n) is 6.90. The maximum Gasteiger partial charge on any atom is 0.240 e. The third kappa shape index (κ3) is 6.09. The second kappa shape index (κ2) is 11.6. The summed E-state index contributed by atoms with van der Waals surface area (Å²) in [6.45, 7) is 8.20. The maximum atomic E-state index is 15.1. The van der Waals surface area contributed by atoms with E-state index in [-0.39, 0.29) is 17.3 Å². The molecule has 0 atom stereocenters. The van der Waals surface area contributed by atoms with Crippen LogP contribution < -0.4 is 15.4 Å². The Balaban J connectivity index is 1.27. The lowest BCUT2D eigenvalue weighted by Gasteiger charge is -2.16. The second-order valence-electron chi connectivity index (χ2n) is 9.94. The Morgan fingerprint density at radius 2 is 1.73 bits per heavy atom. The normalized spacial score (nSPS) is 13.5. The van der Waals surface area contributed by atoms with E-state index >= 15 is 4.39 Å². The van der Waals surface area contributed by atoms with Crippen LogP contribution in [-0.2, 0) is 16.1 Å². The Kier molecular flexibility index (Phi) is 7.78. The molecule has 41 heavy (non-hydrogen) atoms. The van der Waals surface area contributed by atoms with Crippen LogP contribution in [0.1, 0.15) is 31.0 Å². The number of carbonyl (C=O) groups excluding carboxylic acids is 2. The molecule has 5 rings (SSSR count). The number of fused-ring (bicyclic) bond motifs is 1. The number of rotatable bonds is 10. The zero-order valence-electron chi connectivity index (χ0n) is 22.9. The van der Waals surface area contributed by atoms with Gasteiger partial charge in [0.25, 0.3) is 0 Å². The third-order valence-corrected chi connectivity index (χ3v) is 6.90. The van der Waals surface area contributed by atoms with Gasteiger partial charge in [-0.15, -0.1) is 0 Å². The first kappa shape index (κ1) is 27.5. The molecular weight excluding hydrogens is 521 g/mol. The van der Waals surface area contributed by atoms with Crippen LogP contribution in [0.3, 0.4) is 0 Å². The second-order valence-corrected chi connectivity index (χ2v) is 9.94. The molecule has 1 fully saturated rings. The van der Waals surface area contributed by atoms with Crippen molar-refractivity contribution in [1.29, 1.82) is 0 Å². The molecule has 0 spiro atoms. The topological polar surface area (TPSA) is 96.5 Å². The van der Waals surface area contributed by atoms with E-state index in [0.717, 1.165) is 11.3 Å². The van der Waals surface area contributed by atoms with Gasteiger partial charge in [-0.3, -0.25) is 19.6 Å². The number of ether oxygens (including phenoxy) is 1. The molecular formula is C32H30FN5O3. The lowest BCUT2D eigenvalue weighted by atomic mass is 10.0. The number of nitrogens with one attached hydrogen (secondary N) is 2. The van der Waals surface area contributed by atoms with Gasteiger partial charge in [0.1, 0.15) is 11.2 Å². The van der Waals surface area contributed by atoms with Crippen LogP contribution in [0.2, 0.25) is 0 Å². The summed E-state index contributed by atoms with van der Waals surface area (Å²) in [5.74, 6) is -1.15. The summed E-state index contributed by atoms with van der Waals surface area (Å²) in [4.78, 5) is 36.7. The Morgan fingerprint density at radius 1 is 1.02 bits per heavy atom. The molecule has 2 heterocycles. The van der Waals surface area contributed by atoms with Crippen LogP contribution in [0.15, 0.2) is 92.0 Å². The van der Waals surface area contributed by atoms with Gasteiger partial charge in [-0.05, 0) is 75.5 Å². The monoisotopic (exact) mass is 551 g/mol. The zero-order chi connectivity index (χ0) is 29.0. The molecule has 208 valence electrons. The fourth-order valence-electron chi connectivity index (χ4n) is 4.39. The smallest absolute Gasteiger partial charge is 0.240 e. The number of amides is 2. The largest absolute Gasteiger partial charge is 0.453 e. The Hall–Kier alpha value is -5.05. The highest BCUT2D eigenvalue weighted by molar-refractivity contribution is 6.16. The maximum absolute atomic E-state index is 15.1. The molecule has 0 aliphatic heterocycles. The van der Waals surface area contributed by atoms with E-state index in [0.29, 0.717) is 41.7 Å². The first-order chi connectivity index (χ1) is 19.8. The molecule has 2 aromatic carbocycles. The van der Waals surface area contributed by atoms with Gasteiger partial charge in [0.15, 0.2) is 11.6 Å². The van der Waals surface area contributed by atoms with E-state index in [1.807, 2.05) is 49.2 Å². The van der Waals surface area contributed by atoms with E-state index in [9.17, 15) is 9.59 Å². The highest BCUT2D eigenvalue weighted by Crippen LogP contribution is 2.47. The Bertz CT molecular complexity index is 1650. The molecule has 8 nitrogen and oxygen atoms in total. The highest BCUT2D eigenvalue weighted by Gasteiger charge is 2.56. The standard InChI is InChI=1S/C32H30FN5O3/c1-4-16-38(5-2)20-24-18-27-25(19-35-24)28(12-15-34-27)41-29-11-10-23(17-26(29)33)37-31(40)32(13-14-32)30(39)36-22-8-6-21(3)7-9-22/h4-12,15-19H,2,13-14,20H2,1,3H3,(H,36,39)(H,37,40)/b16-4-. The SMILES string of the molecule is C=CN(/C=C\C)Cc1cc2nccc(Oc3ccc(NC(=O)C4(C(=O)Nc5ccc(C)cc5)CC4)cc3F)c2cn1. The number of pyridine rings is 2. The molecule has 4 aromatic rings. The molecule has 2 aromatic heterocycles. The van der Waals surface area contributed by atoms with Crippen molar-refractivity contribution in [2.75, 3.05) is 10.6 Å². The van der Waals surface area contributed by atoms with Crippen molar-refractivity contribution in [1.82, 2.24) is 14.9 Å². The number of hydrogen-bond donors (Lipinski definition) is 2. The van der Waals surface area contributed by atoms with E-state index in [4.69, 9.17) is 4.74 Å². The van der Waals surface area contributed by atoms with E-state index < -0.39 is 17.1 Å². The van der Waals surface area contributed by atoms with Crippen LogP contribution >= 0.6 is 0 Å². The first-order valence-electron chi connectivity index (χ1n) is 13.2. The quantitative estimate of drug-likeness (QED) is 0.213. The Morgan fingerprint density at radius 3 is 2.39 bits per heavy atom. The predicted octanol–water partition coefficient (Wildman–Crippen LogP) is 6.71.